The van der Waals surface area contributed by atoms with E-state index >= 15 is 0 Å². The third-order valence-corrected chi connectivity index (χ3v) is 3.78. The Balaban J connectivity index is 1.64. The molecule has 0 saturated heterocycles. The van der Waals surface area contributed by atoms with Gasteiger partial charge in [0.2, 0.25) is 5.76 Å². The van der Waals surface area contributed by atoms with Gasteiger partial charge in [0.1, 0.15) is 0 Å². The second-order valence-corrected chi connectivity index (χ2v) is 5.85. The van der Waals surface area contributed by atoms with E-state index in [4.69, 9.17) is 4.42 Å². The lowest BCUT2D eigenvalue weighted by atomic mass is 10.1. The first-order valence-corrected chi connectivity index (χ1v) is 8.20. The number of amides is 2. The van der Waals surface area contributed by atoms with Crippen molar-refractivity contribution in [1.29, 1.82) is 0 Å². The predicted molar refractivity (Wildman–Crippen MR) is 98.0 cm³/mol. The lowest BCUT2D eigenvalue weighted by Crippen LogP contribution is -2.23. The average Bonchev–Trinajstić information content (AvgIpc) is 2.99. The molecule has 3 aromatic rings. The summed E-state index contributed by atoms with van der Waals surface area (Å²) in [5.41, 5.74) is 2.61. The Morgan fingerprint density at radius 2 is 1.77 bits per heavy atom. The number of hydrogen-bond donors (Lipinski definition) is 2. The van der Waals surface area contributed by atoms with E-state index in [0.29, 0.717) is 17.1 Å². The number of benzene rings is 2. The Bertz CT molecular complexity index is 932. The van der Waals surface area contributed by atoms with Gasteiger partial charge >= 0.3 is 0 Å². The van der Waals surface area contributed by atoms with Crippen LogP contribution in [0.25, 0.3) is 0 Å². The van der Waals surface area contributed by atoms with Crippen LogP contribution in [0.1, 0.15) is 38.1 Å². The van der Waals surface area contributed by atoms with E-state index < -0.39 is 0 Å². The highest BCUT2D eigenvalue weighted by atomic mass is 16.4. The molecule has 0 unspecified atom stereocenters. The van der Waals surface area contributed by atoms with Crippen molar-refractivity contribution in [2.75, 3.05) is 5.32 Å². The van der Waals surface area contributed by atoms with Gasteiger partial charge < -0.3 is 15.1 Å². The lowest BCUT2D eigenvalue weighted by molar-refractivity contribution is 0.0920. The molecule has 2 amide bonds. The van der Waals surface area contributed by atoms with Crippen LogP contribution in [0.4, 0.5) is 5.69 Å². The Morgan fingerprint density at radius 1 is 1.00 bits per heavy atom. The highest BCUT2D eigenvalue weighted by Gasteiger charge is 2.15. The Morgan fingerprint density at radius 3 is 2.46 bits per heavy atom. The molecule has 0 fully saturated rings. The van der Waals surface area contributed by atoms with E-state index in [1.54, 1.807) is 32.0 Å². The standard InChI is InChI=1S/C20H19N3O3/c1-13-18(26-14(2)22-13)20(25)21-12-15-7-6-8-16(11-15)19(24)23-17-9-4-3-5-10-17/h3-11H,12H2,1-2H3,(H,21,25)(H,23,24). The van der Waals surface area contributed by atoms with E-state index in [9.17, 15) is 9.59 Å². The number of aromatic nitrogens is 1. The molecule has 1 aromatic heterocycles. The molecule has 3 rings (SSSR count). The fourth-order valence-electron chi connectivity index (χ4n) is 2.55. The van der Waals surface area contributed by atoms with Gasteiger partial charge in [-0.25, -0.2) is 4.98 Å². The molecule has 0 aliphatic carbocycles. The normalized spacial score (nSPS) is 10.4. The smallest absolute Gasteiger partial charge is 0.289 e. The highest BCUT2D eigenvalue weighted by molar-refractivity contribution is 6.04. The van der Waals surface area contributed by atoms with Crippen molar-refractivity contribution in [3.63, 3.8) is 0 Å². The molecule has 6 heteroatoms. The number of aryl methyl sites for hydroxylation is 2. The quantitative estimate of drug-likeness (QED) is 0.739. The summed E-state index contributed by atoms with van der Waals surface area (Å²) in [7, 11) is 0. The maximum atomic E-state index is 12.4. The maximum absolute atomic E-state index is 12.4. The van der Waals surface area contributed by atoms with E-state index in [0.717, 1.165) is 11.3 Å². The van der Waals surface area contributed by atoms with Gasteiger partial charge in [-0.05, 0) is 36.8 Å². The van der Waals surface area contributed by atoms with Crippen molar-refractivity contribution in [2.45, 2.75) is 20.4 Å². The molecule has 2 N–H and O–H groups in total. The molecule has 0 radical (unpaired) electrons. The van der Waals surface area contributed by atoms with Crippen LogP contribution in [-0.2, 0) is 6.54 Å². The lowest BCUT2D eigenvalue weighted by Gasteiger charge is -2.08. The monoisotopic (exact) mass is 349 g/mol. The fraction of sp³-hybridized carbons (Fsp3) is 0.150. The number of nitrogens with one attached hydrogen (secondary N) is 2. The molecule has 0 bridgehead atoms. The van der Waals surface area contributed by atoms with E-state index in [-0.39, 0.29) is 24.1 Å². The van der Waals surface area contributed by atoms with Crippen LogP contribution in [0, 0.1) is 13.8 Å². The summed E-state index contributed by atoms with van der Waals surface area (Å²) in [5.74, 6) is 0.126. The maximum Gasteiger partial charge on any atom is 0.289 e. The summed E-state index contributed by atoms with van der Waals surface area (Å²) < 4.78 is 5.31. The summed E-state index contributed by atoms with van der Waals surface area (Å²) in [6.07, 6.45) is 0. The number of rotatable bonds is 5. The first-order chi connectivity index (χ1) is 12.5. The van der Waals surface area contributed by atoms with Gasteiger partial charge in [0, 0.05) is 24.7 Å². The minimum atomic E-state index is -0.331. The van der Waals surface area contributed by atoms with Crippen molar-refractivity contribution in [1.82, 2.24) is 10.3 Å². The predicted octanol–water partition coefficient (Wildman–Crippen LogP) is 3.47. The van der Waals surface area contributed by atoms with Gasteiger partial charge in [0.15, 0.2) is 5.89 Å². The largest absolute Gasteiger partial charge is 0.436 e. The molecular formula is C20H19N3O3. The van der Waals surface area contributed by atoms with Crippen molar-refractivity contribution in [3.05, 3.63) is 83.1 Å². The molecule has 1 heterocycles. The molecule has 0 aliphatic rings. The molecule has 132 valence electrons. The second-order valence-electron chi connectivity index (χ2n) is 5.85. The average molecular weight is 349 g/mol. The van der Waals surface area contributed by atoms with Crippen molar-refractivity contribution in [3.8, 4) is 0 Å². The van der Waals surface area contributed by atoms with Gasteiger partial charge in [-0.3, -0.25) is 9.59 Å². The number of oxazole rings is 1. The number of anilines is 1. The van der Waals surface area contributed by atoms with E-state index in [2.05, 4.69) is 15.6 Å². The van der Waals surface area contributed by atoms with Crippen LogP contribution < -0.4 is 10.6 Å². The van der Waals surface area contributed by atoms with E-state index in [1.807, 2.05) is 36.4 Å². The summed E-state index contributed by atoms with van der Waals surface area (Å²) in [6.45, 7) is 3.70. The van der Waals surface area contributed by atoms with E-state index in [1.165, 1.54) is 0 Å². The Labute approximate surface area is 151 Å². The number of carbonyl (C=O) groups is 2. The van der Waals surface area contributed by atoms with Gasteiger partial charge in [-0.2, -0.15) is 0 Å². The van der Waals surface area contributed by atoms with Crippen LogP contribution in [0.15, 0.2) is 59.0 Å². The van der Waals surface area contributed by atoms with Crippen LogP contribution in [-0.4, -0.2) is 16.8 Å². The van der Waals surface area contributed by atoms with Gasteiger partial charge in [0.25, 0.3) is 11.8 Å². The number of carbonyl (C=O) groups excluding carboxylic acids is 2. The highest BCUT2D eigenvalue weighted by Crippen LogP contribution is 2.12. The number of hydrogen-bond acceptors (Lipinski definition) is 4. The van der Waals surface area contributed by atoms with Crippen LogP contribution in [0.3, 0.4) is 0 Å². The Kier molecular flexibility index (Phi) is 5.12. The third kappa shape index (κ3) is 4.16. The SMILES string of the molecule is Cc1nc(C)c(C(=O)NCc2cccc(C(=O)Nc3ccccc3)c2)o1. The zero-order valence-electron chi connectivity index (χ0n) is 14.6. The zero-order chi connectivity index (χ0) is 18.5. The van der Waals surface area contributed by atoms with Crippen molar-refractivity contribution >= 4 is 17.5 Å². The molecule has 2 aromatic carbocycles. The fourth-order valence-corrected chi connectivity index (χ4v) is 2.55. The molecule has 26 heavy (non-hydrogen) atoms. The van der Waals surface area contributed by atoms with Crippen LogP contribution in [0.2, 0.25) is 0 Å². The topological polar surface area (TPSA) is 84.2 Å². The number of para-hydroxylation sites is 1. The Hall–Kier alpha value is -3.41. The second kappa shape index (κ2) is 7.65. The number of nitrogens with zero attached hydrogens (tertiary/aromatic N) is 1. The third-order valence-electron chi connectivity index (χ3n) is 3.78. The first kappa shape index (κ1) is 17.4. The summed E-state index contributed by atoms with van der Waals surface area (Å²) in [4.78, 5) is 28.6. The summed E-state index contributed by atoms with van der Waals surface area (Å²) >= 11 is 0. The van der Waals surface area contributed by atoms with Crippen LogP contribution >= 0.6 is 0 Å². The minimum Gasteiger partial charge on any atom is -0.436 e. The van der Waals surface area contributed by atoms with Gasteiger partial charge in [-0.1, -0.05) is 30.3 Å². The first-order valence-electron chi connectivity index (χ1n) is 8.20. The zero-order valence-corrected chi connectivity index (χ0v) is 14.6. The van der Waals surface area contributed by atoms with Crippen molar-refractivity contribution in [2.24, 2.45) is 0 Å². The summed E-state index contributed by atoms with van der Waals surface area (Å²) in [5, 5.41) is 5.62. The molecule has 6 nitrogen and oxygen atoms in total. The molecule has 0 spiro atoms. The summed E-state index contributed by atoms with van der Waals surface area (Å²) in [6, 6.07) is 16.3. The van der Waals surface area contributed by atoms with Gasteiger partial charge in [0.05, 0.1) is 5.69 Å². The van der Waals surface area contributed by atoms with Crippen molar-refractivity contribution < 1.29 is 14.0 Å². The molecule has 0 aliphatic heterocycles. The molecule has 0 atom stereocenters. The molecular weight excluding hydrogens is 330 g/mol. The van der Waals surface area contributed by atoms with Gasteiger partial charge in [-0.15, -0.1) is 0 Å². The minimum absolute atomic E-state index is 0.203. The van der Waals surface area contributed by atoms with Crippen LogP contribution in [0.5, 0.6) is 0 Å². The molecule has 0 saturated carbocycles.